The Bertz CT molecular complexity index is 268. The molecule has 0 spiro atoms. The van der Waals surface area contributed by atoms with Gasteiger partial charge >= 0.3 is 0 Å². The van der Waals surface area contributed by atoms with Crippen LogP contribution in [0, 0.1) is 11.8 Å². The Morgan fingerprint density at radius 2 is 1.84 bits per heavy atom. The maximum atomic E-state index is 12.1. The first-order valence-electron chi connectivity index (χ1n) is 8.07. The third kappa shape index (κ3) is 5.52. The van der Waals surface area contributed by atoms with Gasteiger partial charge in [0.1, 0.15) is 0 Å². The molecule has 1 fully saturated rings. The average molecular weight is 268 g/mol. The molecule has 3 heteroatoms. The van der Waals surface area contributed by atoms with Gasteiger partial charge in [0, 0.05) is 18.0 Å². The molecule has 1 rings (SSSR count). The van der Waals surface area contributed by atoms with E-state index in [2.05, 4.69) is 26.1 Å². The molecule has 1 unspecified atom stereocenters. The summed E-state index contributed by atoms with van der Waals surface area (Å²) in [5, 5.41) is 3.05. The van der Waals surface area contributed by atoms with E-state index in [4.69, 9.17) is 5.73 Å². The second-order valence-corrected chi connectivity index (χ2v) is 6.43. The summed E-state index contributed by atoms with van der Waals surface area (Å²) in [5.41, 5.74) is 5.98. The average Bonchev–Trinajstić information content (AvgIpc) is 2.45. The summed E-state index contributed by atoms with van der Waals surface area (Å²) in [6.07, 6.45) is 9.53. The van der Waals surface area contributed by atoms with E-state index in [0.29, 0.717) is 6.54 Å². The number of carbonyl (C=O) groups is 1. The van der Waals surface area contributed by atoms with Crippen molar-refractivity contribution in [3.63, 3.8) is 0 Å². The minimum Gasteiger partial charge on any atom is -0.354 e. The zero-order chi connectivity index (χ0) is 14.3. The third-order valence-electron chi connectivity index (χ3n) is 4.88. The summed E-state index contributed by atoms with van der Waals surface area (Å²) in [4.78, 5) is 12.1. The normalized spacial score (nSPS) is 19.2. The first kappa shape index (κ1) is 16.5. The minimum absolute atomic E-state index is 0.126. The molecule has 1 aliphatic carbocycles. The molecule has 19 heavy (non-hydrogen) atoms. The largest absolute Gasteiger partial charge is 0.354 e. The van der Waals surface area contributed by atoms with Crippen LogP contribution in [-0.2, 0) is 4.79 Å². The Labute approximate surface area is 118 Å². The Hall–Kier alpha value is -0.570. The van der Waals surface area contributed by atoms with Crippen molar-refractivity contribution < 1.29 is 4.79 Å². The SMILES string of the molecule is CCC(N)(CC)CNC(=O)C(C)CC1CCCCC1. The van der Waals surface area contributed by atoms with Gasteiger partial charge in [-0.1, -0.05) is 52.9 Å². The summed E-state index contributed by atoms with van der Waals surface area (Å²) in [6.45, 7) is 6.83. The summed E-state index contributed by atoms with van der Waals surface area (Å²) < 4.78 is 0. The maximum absolute atomic E-state index is 12.1. The van der Waals surface area contributed by atoms with Crippen molar-refractivity contribution in [2.75, 3.05) is 6.54 Å². The smallest absolute Gasteiger partial charge is 0.222 e. The van der Waals surface area contributed by atoms with E-state index in [-0.39, 0.29) is 17.4 Å². The van der Waals surface area contributed by atoms with Crippen molar-refractivity contribution in [1.29, 1.82) is 0 Å². The Kier molecular flexibility index (Phi) is 6.84. The van der Waals surface area contributed by atoms with Gasteiger partial charge in [0.15, 0.2) is 0 Å². The first-order valence-corrected chi connectivity index (χ1v) is 8.07. The Morgan fingerprint density at radius 1 is 1.26 bits per heavy atom. The van der Waals surface area contributed by atoms with Gasteiger partial charge in [-0.15, -0.1) is 0 Å². The van der Waals surface area contributed by atoms with Gasteiger partial charge in [-0.3, -0.25) is 4.79 Å². The number of carbonyl (C=O) groups excluding carboxylic acids is 1. The van der Waals surface area contributed by atoms with Gasteiger partial charge in [-0.05, 0) is 25.2 Å². The molecule has 1 atom stereocenters. The molecule has 0 radical (unpaired) electrons. The highest BCUT2D eigenvalue weighted by Crippen LogP contribution is 2.29. The van der Waals surface area contributed by atoms with E-state index in [1.54, 1.807) is 0 Å². The summed E-state index contributed by atoms with van der Waals surface area (Å²) in [6, 6.07) is 0. The quantitative estimate of drug-likeness (QED) is 0.745. The molecule has 1 aliphatic rings. The number of nitrogens with one attached hydrogen (secondary N) is 1. The van der Waals surface area contributed by atoms with Gasteiger partial charge in [-0.2, -0.15) is 0 Å². The fourth-order valence-electron chi connectivity index (χ4n) is 2.97. The molecule has 0 aromatic heterocycles. The van der Waals surface area contributed by atoms with Crippen molar-refractivity contribution in [3.05, 3.63) is 0 Å². The number of hydrogen-bond donors (Lipinski definition) is 2. The van der Waals surface area contributed by atoms with Gasteiger partial charge in [0.25, 0.3) is 0 Å². The van der Waals surface area contributed by atoms with Crippen LogP contribution < -0.4 is 11.1 Å². The van der Waals surface area contributed by atoms with Gasteiger partial charge in [0.2, 0.25) is 5.91 Å². The van der Waals surface area contributed by atoms with Crippen LogP contribution in [0.25, 0.3) is 0 Å². The van der Waals surface area contributed by atoms with E-state index in [1.807, 2.05) is 0 Å². The topological polar surface area (TPSA) is 55.1 Å². The van der Waals surface area contributed by atoms with Gasteiger partial charge in [-0.25, -0.2) is 0 Å². The van der Waals surface area contributed by atoms with Gasteiger partial charge < -0.3 is 11.1 Å². The molecule has 1 amide bonds. The van der Waals surface area contributed by atoms with E-state index in [0.717, 1.165) is 25.2 Å². The highest BCUT2D eigenvalue weighted by molar-refractivity contribution is 5.78. The Morgan fingerprint density at radius 3 is 2.37 bits per heavy atom. The fourth-order valence-corrected chi connectivity index (χ4v) is 2.97. The predicted molar refractivity (Wildman–Crippen MR) is 80.9 cm³/mol. The summed E-state index contributed by atoms with van der Waals surface area (Å²) in [7, 11) is 0. The molecular weight excluding hydrogens is 236 g/mol. The minimum atomic E-state index is -0.236. The van der Waals surface area contributed by atoms with E-state index in [1.165, 1.54) is 32.1 Å². The van der Waals surface area contributed by atoms with Crippen LogP contribution >= 0.6 is 0 Å². The van der Waals surface area contributed by atoms with Gasteiger partial charge in [0.05, 0.1) is 0 Å². The highest BCUT2D eigenvalue weighted by Gasteiger charge is 2.24. The van der Waals surface area contributed by atoms with Crippen LogP contribution in [0.5, 0.6) is 0 Å². The molecule has 0 saturated heterocycles. The number of nitrogens with two attached hydrogens (primary N) is 1. The second kappa shape index (κ2) is 7.88. The molecule has 112 valence electrons. The molecule has 0 aromatic rings. The zero-order valence-corrected chi connectivity index (χ0v) is 13.0. The van der Waals surface area contributed by atoms with Crippen molar-refractivity contribution in [1.82, 2.24) is 5.32 Å². The van der Waals surface area contributed by atoms with Crippen molar-refractivity contribution in [3.8, 4) is 0 Å². The predicted octanol–water partition coefficient (Wildman–Crippen LogP) is 3.23. The number of rotatable bonds is 7. The van der Waals surface area contributed by atoms with Crippen LogP contribution in [0.2, 0.25) is 0 Å². The van der Waals surface area contributed by atoms with Crippen LogP contribution in [0.1, 0.15) is 72.1 Å². The second-order valence-electron chi connectivity index (χ2n) is 6.43. The molecule has 1 saturated carbocycles. The molecule has 3 N–H and O–H groups in total. The third-order valence-corrected chi connectivity index (χ3v) is 4.88. The maximum Gasteiger partial charge on any atom is 0.222 e. The van der Waals surface area contributed by atoms with Crippen molar-refractivity contribution >= 4 is 5.91 Å². The number of amides is 1. The van der Waals surface area contributed by atoms with Crippen LogP contribution in [0.4, 0.5) is 0 Å². The lowest BCUT2D eigenvalue weighted by atomic mass is 9.83. The zero-order valence-electron chi connectivity index (χ0n) is 13.0. The van der Waals surface area contributed by atoms with Crippen LogP contribution in [0.3, 0.4) is 0 Å². The summed E-state index contributed by atoms with van der Waals surface area (Å²) in [5.74, 6) is 1.07. The highest BCUT2D eigenvalue weighted by atomic mass is 16.1. The van der Waals surface area contributed by atoms with E-state index in [9.17, 15) is 4.79 Å². The molecule has 0 heterocycles. The Balaban J connectivity index is 2.31. The molecule has 3 nitrogen and oxygen atoms in total. The lowest BCUT2D eigenvalue weighted by molar-refractivity contribution is -0.125. The van der Waals surface area contributed by atoms with Crippen LogP contribution in [-0.4, -0.2) is 18.0 Å². The standard InChI is InChI=1S/C16H32N2O/c1-4-16(17,5-2)12-18-15(19)13(3)11-14-9-7-6-8-10-14/h13-14H,4-12,17H2,1-3H3,(H,18,19). The lowest BCUT2D eigenvalue weighted by Crippen LogP contribution is -2.50. The number of hydrogen-bond acceptors (Lipinski definition) is 2. The van der Waals surface area contributed by atoms with Crippen LogP contribution in [0.15, 0.2) is 0 Å². The van der Waals surface area contributed by atoms with E-state index >= 15 is 0 Å². The molecule has 0 aromatic carbocycles. The summed E-state index contributed by atoms with van der Waals surface area (Å²) >= 11 is 0. The van der Waals surface area contributed by atoms with Crippen molar-refractivity contribution in [2.24, 2.45) is 17.6 Å². The monoisotopic (exact) mass is 268 g/mol. The molecule has 0 aliphatic heterocycles. The van der Waals surface area contributed by atoms with Crippen molar-refractivity contribution in [2.45, 2.75) is 77.7 Å². The molecule has 0 bridgehead atoms. The first-order chi connectivity index (χ1) is 9.00. The lowest BCUT2D eigenvalue weighted by Gasteiger charge is -2.28. The molecular formula is C16H32N2O. The fraction of sp³-hybridized carbons (Fsp3) is 0.938. The van der Waals surface area contributed by atoms with E-state index < -0.39 is 0 Å².